The van der Waals surface area contributed by atoms with Gasteiger partial charge >= 0.3 is 0 Å². The quantitative estimate of drug-likeness (QED) is 0.822. The minimum Gasteiger partial charge on any atom is -0.375 e. The first kappa shape index (κ1) is 13.1. The van der Waals surface area contributed by atoms with Gasteiger partial charge in [-0.15, -0.1) is 0 Å². The Labute approximate surface area is 109 Å². The highest BCUT2D eigenvalue weighted by Gasteiger charge is 2.33. The second-order valence-corrected chi connectivity index (χ2v) is 5.26. The Balaban J connectivity index is 2.32. The van der Waals surface area contributed by atoms with E-state index in [1.165, 1.54) is 11.4 Å². The molecule has 4 heteroatoms. The molecule has 0 fully saturated rings. The summed E-state index contributed by atoms with van der Waals surface area (Å²) in [5.74, 6) is 0.487. The monoisotopic (exact) mass is 250 g/mol. The van der Waals surface area contributed by atoms with E-state index in [9.17, 15) is 4.79 Å². The number of rotatable bonds is 3. The molecular formula is C14H22N2O2. The van der Waals surface area contributed by atoms with Crippen molar-refractivity contribution in [3.8, 4) is 0 Å². The van der Waals surface area contributed by atoms with Crippen molar-refractivity contribution in [2.45, 2.75) is 33.4 Å². The number of nitrogens with zero attached hydrogens (tertiary/aromatic N) is 2. The molecule has 0 N–H and O–H groups in total. The minimum absolute atomic E-state index is 0.0845. The van der Waals surface area contributed by atoms with Gasteiger partial charge in [-0.2, -0.15) is 0 Å². The molecule has 4 nitrogen and oxygen atoms in total. The van der Waals surface area contributed by atoms with Crippen molar-refractivity contribution >= 4 is 5.91 Å². The lowest BCUT2D eigenvalue weighted by atomic mass is 9.97. The summed E-state index contributed by atoms with van der Waals surface area (Å²) in [7, 11) is 1.57. The Hall–Kier alpha value is -1.29. The molecule has 1 aliphatic heterocycles. The third-order valence-electron chi connectivity index (χ3n) is 3.66. The van der Waals surface area contributed by atoms with Gasteiger partial charge in [0, 0.05) is 31.6 Å². The molecule has 18 heavy (non-hydrogen) atoms. The Morgan fingerprint density at radius 3 is 2.78 bits per heavy atom. The van der Waals surface area contributed by atoms with E-state index in [2.05, 4.69) is 37.5 Å². The van der Waals surface area contributed by atoms with Crippen molar-refractivity contribution in [3.05, 3.63) is 23.5 Å². The van der Waals surface area contributed by atoms with Gasteiger partial charge in [-0.25, -0.2) is 0 Å². The second-order valence-electron chi connectivity index (χ2n) is 5.26. The lowest BCUT2D eigenvalue weighted by Crippen LogP contribution is -2.45. The number of aryl methyl sites for hydroxylation is 1. The maximum atomic E-state index is 12.1. The predicted molar refractivity (Wildman–Crippen MR) is 70.3 cm³/mol. The van der Waals surface area contributed by atoms with Crippen molar-refractivity contribution in [3.63, 3.8) is 0 Å². The van der Waals surface area contributed by atoms with E-state index >= 15 is 0 Å². The zero-order chi connectivity index (χ0) is 13.3. The number of carbonyl (C=O) groups excluding carboxylic acids is 1. The molecule has 0 saturated carbocycles. The Kier molecular flexibility index (Phi) is 3.76. The van der Waals surface area contributed by atoms with E-state index in [1.54, 1.807) is 7.11 Å². The van der Waals surface area contributed by atoms with Crippen molar-refractivity contribution in [2.24, 2.45) is 5.92 Å². The largest absolute Gasteiger partial charge is 0.375 e. The zero-order valence-corrected chi connectivity index (χ0v) is 11.6. The van der Waals surface area contributed by atoms with Gasteiger partial charge in [0.05, 0.1) is 6.04 Å². The van der Waals surface area contributed by atoms with Crippen molar-refractivity contribution < 1.29 is 9.53 Å². The zero-order valence-electron chi connectivity index (χ0n) is 11.6. The average Bonchev–Trinajstić information content (AvgIpc) is 2.70. The smallest absolute Gasteiger partial charge is 0.249 e. The van der Waals surface area contributed by atoms with Crippen LogP contribution < -0.4 is 0 Å². The number of amides is 1. The molecule has 1 aromatic rings. The topological polar surface area (TPSA) is 34.5 Å². The summed E-state index contributed by atoms with van der Waals surface area (Å²) in [6.07, 6.45) is 0. The number of hydrogen-bond donors (Lipinski definition) is 0. The first-order valence-electron chi connectivity index (χ1n) is 6.50. The molecule has 0 radical (unpaired) electrons. The maximum Gasteiger partial charge on any atom is 0.249 e. The van der Waals surface area contributed by atoms with Gasteiger partial charge in [-0.05, 0) is 25.0 Å². The Bertz CT molecular complexity index is 437. The van der Waals surface area contributed by atoms with Crippen molar-refractivity contribution in [1.82, 2.24) is 9.47 Å². The number of methoxy groups -OCH3 is 1. The number of carbonyl (C=O) groups is 1. The number of ether oxygens (including phenoxy) is 1. The highest BCUT2D eigenvalue weighted by Crippen LogP contribution is 2.33. The van der Waals surface area contributed by atoms with Crippen LogP contribution in [0.3, 0.4) is 0 Å². The second kappa shape index (κ2) is 5.14. The maximum absolute atomic E-state index is 12.1. The van der Waals surface area contributed by atoms with Gasteiger partial charge in [0.25, 0.3) is 0 Å². The van der Waals surface area contributed by atoms with Crippen molar-refractivity contribution in [1.29, 1.82) is 0 Å². The highest BCUT2D eigenvalue weighted by atomic mass is 16.5. The van der Waals surface area contributed by atoms with Gasteiger partial charge in [0.1, 0.15) is 6.61 Å². The highest BCUT2D eigenvalue weighted by molar-refractivity contribution is 5.78. The number of fused-ring (bicyclic) bond motifs is 1. The molecule has 0 saturated heterocycles. The summed E-state index contributed by atoms with van der Waals surface area (Å²) >= 11 is 0. The average molecular weight is 250 g/mol. The van der Waals surface area contributed by atoms with Crippen molar-refractivity contribution in [2.75, 3.05) is 20.3 Å². The fourth-order valence-corrected chi connectivity index (χ4v) is 2.85. The van der Waals surface area contributed by atoms with Crippen LogP contribution in [0.2, 0.25) is 0 Å². The van der Waals surface area contributed by atoms with Gasteiger partial charge in [0.15, 0.2) is 0 Å². The van der Waals surface area contributed by atoms with E-state index < -0.39 is 0 Å². The molecule has 1 atom stereocenters. The molecular weight excluding hydrogens is 228 g/mol. The van der Waals surface area contributed by atoms with Crippen LogP contribution in [-0.2, 0) is 16.1 Å². The molecule has 0 aliphatic carbocycles. The minimum atomic E-state index is 0.0845. The molecule has 0 bridgehead atoms. The lowest BCUT2D eigenvalue weighted by molar-refractivity contribution is -0.140. The van der Waals surface area contributed by atoms with Gasteiger partial charge in [-0.3, -0.25) is 4.79 Å². The van der Waals surface area contributed by atoms with E-state index in [4.69, 9.17) is 4.74 Å². The van der Waals surface area contributed by atoms with Crippen LogP contribution in [0.25, 0.3) is 0 Å². The van der Waals surface area contributed by atoms with Crippen LogP contribution in [0, 0.1) is 12.8 Å². The SMILES string of the molecule is COCC(=O)N1CCn2c(C)ccc2[C@H]1C(C)C. The van der Waals surface area contributed by atoms with Gasteiger partial charge in [0.2, 0.25) is 5.91 Å². The molecule has 0 unspecified atom stereocenters. The molecule has 2 rings (SSSR count). The summed E-state index contributed by atoms with van der Waals surface area (Å²) in [6.45, 7) is 8.27. The van der Waals surface area contributed by atoms with E-state index in [-0.39, 0.29) is 18.6 Å². The predicted octanol–water partition coefficient (Wildman–Crippen LogP) is 1.98. The van der Waals surface area contributed by atoms with Crippen LogP contribution >= 0.6 is 0 Å². The van der Waals surface area contributed by atoms with Gasteiger partial charge < -0.3 is 14.2 Å². The normalized spacial score (nSPS) is 19.2. The fourth-order valence-electron chi connectivity index (χ4n) is 2.85. The summed E-state index contributed by atoms with van der Waals surface area (Å²) in [5, 5.41) is 0. The van der Waals surface area contributed by atoms with Crippen LogP contribution in [0.5, 0.6) is 0 Å². The fraction of sp³-hybridized carbons (Fsp3) is 0.643. The van der Waals surface area contributed by atoms with Crippen LogP contribution in [0.15, 0.2) is 12.1 Å². The Morgan fingerprint density at radius 1 is 1.44 bits per heavy atom. The molecule has 0 aromatic carbocycles. The first-order chi connectivity index (χ1) is 8.56. The molecule has 100 valence electrons. The Morgan fingerprint density at radius 2 is 2.17 bits per heavy atom. The molecule has 1 amide bonds. The number of aromatic nitrogens is 1. The van der Waals surface area contributed by atoms with Crippen LogP contribution in [0.1, 0.15) is 31.3 Å². The van der Waals surface area contributed by atoms with E-state index in [0.717, 1.165) is 13.1 Å². The molecule has 2 heterocycles. The standard InChI is InChI=1S/C14H22N2O2/c1-10(2)14-12-6-5-11(3)15(12)7-8-16(14)13(17)9-18-4/h5-6,10,14H,7-9H2,1-4H3/t14-/m1/s1. The summed E-state index contributed by atoms with van der Waals surface area (Å²) in [6, 6.07) is 4.44. The third kappa shape index (κ3) is 2.17. The van der Waals surface area contributed by atoms with Gasteiger partial charge in [-0.1, -0.05) is 13.8 Å². The lowest BCUT2D eigenvalue weighted by Gasteiger charge is -2.39. The molecule has 0 spiro atoms. The molecule has 1 aromatic heterocycles. The van der Waals surface area contributed by atoms with Crippen LogP contribution in [-0.4, -0.2) is 35.6 Å². The molecule has 1 aliphatic rings. The van der Waals surface area contributed by atoms with E-state index in [0.29, 0.717) is 5.92 Å². The van der Waals surface area contributed by atoms with E-state index in [1.807, 2.05) is 4.90 Å². The number of hydrogen-bond acceptors (Lipinski definition) is 2. The summed E-state index contributed by atoms with van der Waals surface area (Å²) in [5.41, 5.74) is 2.52. The summed E-state index contributed by atoms with van der Waals surface area (Å²) < 4.78 is 7.30. The van der Waals surface area contributed by atoms with Crippen LogP contribution in [0.4, 0.5) is 0 Å². The first-order valence-corrected chi connectivity index (χ1v) is 6.50. The summed E-state index contributed by atoms with van der Waals surface area (Å²) in [4.78, 5) is 14.1. The third-order valence-corrected chi connectivity index (χ3v) is 3.66.